The minimum Gasteiger partial charge on any atom is -0.423 e. The molecule has 0 aromatic heterocycles. The molecule has 144 valence electrons. The Morgan fingerprint density at radius 2 is 1.74 bits per heavy atom. The molecule has 2 atom stereocenters. The van der Waals surface area contributed by atoms with Crippen molar-refractivity contribution in [3.8, 4) is 5.75 Å². The van der Waals surface area contributed by atoms with Crippen LogP contribution in [0.1, 0.15) is 24.2 Å². The first kappa shape index (κ1) is 19.8. The van der Waals surface area contributed by atoms with Crippen LogP contribution in [0.3, 0.4) is 0 Å². The molecule has 0 saturated carbocycles. The summed E-state index contributed by atoms with van der Waals surface area (Å²) in [5, 5.41) is 0.454. The van der Waals surface area contributed by atoms with Crippen molar-refractivity contribution in [2.45, 2.75) is 31.0 Å². The van der Waals surface area contributed by atoms with E-state index in [2.05, 4.69) is 0 Å². The van der Waals surface area contributed by atoms with E-state index < -0.39 is 16.0 Å². The molecule has 0 N–H and O–H groups in total. The third-order valence-electron chi connectivity index (χ3n) is 4.12. The normalized spacial score (nSPS) is 21.0. The van der Waals surface area contributed by atoms with Crippen molar-refractivity contribution in [1.82, 2.24) is 4.31 Å². The number of sulfonamides is 1. The first-order valence-corrected chi connectivity index (χ1v) is 10.3. The monoisotopic (exact) mass is 409 g/mol. The molecule has 1 aliphatic heterocycles. The smallest absolute Gasteiger partial charge is 0.343 e. The predicted octanol–water partition coefficient (Wildman–Crippen LogP) is 3.36. The molecule has 3 rings (SSSR count). The summed E-state index contributed by atoms with van der Waals surface area (Å²) in [5.41, 5.74) is 0.248. The van der Waals surface area contributed by atoms with Crippen LogP contribution in [-0.2, 0) is 14.8 Å². The lowest BCUT2D eigenvalue weighted by Crippen LogP contribution is -2.48. The highest BCUT2D eigenvalue weighted by atomic mass is 35.5. The van der Waals surface area contributed by atoms with Crippen LogP contribution < -0.4 is 4.74 Å². The van der Waals surface area contributed by atoms with E-state index >= 15 is 0 Å². The van der Waals surface area contributed by atoms with E-state index in [4.69, 9.17) is 21.1 Å². The summed E-state index contributed by atoms with van der Waals surface area (Å²) >= 11 is 5.87. The highest BCUT2D eigenvalue weighted by molar-refractivity contribution is 7.89. The lowest BCUT2D eigenvalue weighted by molar-refractivity contribution is -0.0440. The Bertz CT molecular complexity index is 919. The molecule has 8 heteroatoms. The topological polar surface area (TPSA) is 72.9 Å². The third-order valence-corrected chi connectivity index (χ3v) is 6.20. The van der Waals surface area contributed by atoms with Gasteiger partial charge in [-0.05, 0) is 56.3 Å². The van der Waals surface area contributed by atoms with Gasteiger partial charge in [0.1, 0.15) is 5.75 Å². The highest BCUT2D eigenvalue weighted by Crippen LogP contribution is 2.22. The van der Waals surface area contributed by atoms with Crippen molar-refractivity contribution >= 4 is 27.6 Å². The minimum atomic E-state index is -3.65. The van der Waals surface area contributed by atoms with Crippen LogP contribution in [0.4, 0.5) is 0 Å². The second-order valence-corrected chi connectivity index (χ2v) is 8.82. The lowest BCUT2D eigenvalue weighted by Gasteiger charge is -2.34. The van der Waals surface area contributed by atoms with Crippen LogP contribution in [0.25, 0.3) is 0 Å². The van der Waals surface area contributed by atoms with Crippen molar-refractivity contribution in [2.24, 2.45) is 0 Å². The molecule has 0 spiro atoms. The van der Waals surface area contributed by atoms with E-state index in [1.807, 2.05) is 13.8 Å². The van der Waals surface area contributed by atoms with Crippen LogP contribution in [0.2, 0.25) is 5.02 Å². The highest BCUT2D eigenvalue weighted by Gasteiger charge is 2.32. The standard InChI is InChI=1S/C19H20ClNO5S/c1-13-11-21(12-14(2)25-13)27(23,24)18-8-6-15(7-9-18)19(22)26-17-5-3-4-16(20)10-17/h3-10,13-14H,11-12H2,1-2H3/t13-,14-/m1/s1. The molecular formula is C19H20ClNO5S. The summed E-state index contributed by atoms with van der Waals surface area (Å²) < 4.78 is 37.9. The fourth-order valence-electron chi connectivity index (χ4n) is 2.94. The number of benzene rings is 2. The average molecular weight is 410 g/mol. The van der Waals surface area contributed by atoms with Gasteiger partial charge in [0.25, 0.3) is 0 Å². The molecule has 0 unspecified atom stereocenters. The van der Waals surface area contributed by atoms with Gasteiger partial charge < -0.3 is 9.47 Å². The van der Waals surface area contributed by atoms with Gasteiger partial charge in [0.05, 0.1) is 22.7 Å². The molecule has 0 aliphatic carbocycles. The Hall–Kier alpha value is -1.93. The Morgan fingerprint density at radius 1 is 1.11 bits per heavy atom. The number of carbonyl (C=O) groups excluding carboxylic acids is 1. The van der Waals surface area contributed by atoms with Crippen molar-refractivity contribution in [3.63, 3.8) is 0 Å². The van der Waals surface area contributed by atoms with Gasteiger partial charge in [-0.15, -0.1) is 0 Å². The number of carbonyl (C=O) groups is 1. The molecule has 27 heavy (non-hydrogen) atoms. The SMILES string of the molecule is C[C@@H]1CN(S(=O)(=O)c2ccc(C(=O)Oc3cccc(Cl)c3)cc2)C[C@@H](C)O1. The number of nitrogens with zero attached hydrogens (tertiary/aromatic N) is 1. The molecule has 1 saturated heterocycles. The molecule has 0 bridgehead atoms. The molecular weight excluding hydrogens is 390 g/mol. The summed E-state index contributed by atoms with van der Waals surface area (Å²) in [7, 11) is -3.65. The number of rotatable bonds is 4. The van der Waals surface area contributed by atoms with Gasteiger partial charge >= 0.3 is 5.97 Å². The van der Waals surface area contributed by atoms with E-state index in [0.717, 1.165) is 0 Å². The van der Waals surface area contributed by atoms with E-state index in [0.29, 0.717) is 23.9 Å². The van der Waals surface area contributed by atoms with E-state index in [1.165, 1.54) is 34.6 Å². The molecule has 6 nitrogen and oxygen atoms in total. The lowest BCUT2D eigenvalue weighted by atomic mass is 10.2. The number of morpholine rings is 1. The number of hydrogen-bond acceptors (Lipinski definition) is 5. The van der Waals surface area contributed by atoms with Gasteiger partial charge in [-0.1, -0.05) is 17.7 Å². The summed E-state index contributed by atoms with van der Waals surface area (Å²) in [6.07, 6.45) is -0.342. The molecule has 1 fully saturated rings. The first-order chi connectivity index (χ1) is 12.8. The van der Waals surface area contributed by atoms with Gasteiger partial charge in [0.15, 0.2) is 0 Å². The van der Waals surface area contributed by atoms with Crippen LogP contribution >= 0.6 is 11.6 Å². The quantitative estimate of drug-likeness (QED) is 0.572. The fourth-order valence-corrected chi connectivity index (χ4v) is 4.71. The largest absolute Gasteiger partial charge is 0.423 e. The second kappa shape index (κ2) is 7.98. The van der Waals surface area contributed by atoms with Crippen LogP contribution in [0, 0.1) is 0 Å². The van der Waals surface area contributed by atoms with Crippen LogP contribution in [-0.4, -0.2) is 44.0 Å². The maximum absolute atomic E-state index is 12.8. The van der Waals surface area contributed by atoms with E-state index in [-0.39, 0.29) is 22.7 Å². The summed E-state index contributed by atoms with van der Waals surface area (Å²) in [5.74, 6) is -0.268. The van der Waals surface area contributed by atoms with Crippen LogP contribution in [0.15, 0.2) is 53.4 Å². The Morgan fingerprint density at radius 3 is 2.33 bits per heavy atom. The third kappa shape index (κ3) is 4.68. The number of halogens is 1. The first-order valence-electron chi connectivity index (χ1n) is 8.49. The number of ether oxygens (including phenoxy) is 2. The summed E-state index contributed by atoms with van der Waals surface area (Å²) in [4.78, 5) is 12.4. The van der Waals surface area contributed by atoms with Gasteiger partial charge in [-0.25, -0.2) is 13.2 Å². The Balaban J connectivity index is 1.75. The van der Waals surface area contributed by atoms with E-state index in [9.17, 15) is 13.2 Å². The van der Waals surface area contributed by atoms with Gasteiger partial charge in [-0.3, -0.25) is 0 Å². The second-order valence-electron chi connectivity index (χ2n) is 6.45. The predicted molar refractivity (Wildman–Crippen MR) is 102 cm³/mol. The molecule has 2 aromatic rings. The maximum atomic E-state index is 12.8. The van der Waals surface area contributed by atoms with Gasteiger partial charge in [-0.2, -0.15) is 4.31 Å². The zero-order chi connectivity index (χ0) is 19.6. The number of esters is 1. The molecule has 1 aliphatic rings. The zero-order valence-electron chi connectivity index (χ0n) is 15.0. The fraction of sp³-hybridized carbons (Fsp3) is 0.316. The Labute approximate surface area is 163 Å². The molecule has 0 radical (unpaired) electrons. The average Bonchev–Trinajstić information content (AvgIpc) is 2.61. The van der Waals surface area contributed by atoms with Crippen molar-refractivity contribution in [2.75, 3.05) is 13.1 Å². The van der Waals surface area contributed by atoms with Crippen molar-refractivity contribution < 1.29 is 22.7 Å². The Kier molecular flexibility index (Phi) is 5.86. The zero-order valence-corrected chi connectivity index (χ0v) is 16.5. The van der Waals surface area contributed by atoms with Crippen LogP contribution in [0.5, 0.6) is 5.75 Å². The molecule has 0 amide bonds. The summed E-state index contributed by atoms with van der Waals surface area (Å²) in [6.45, 7) is 4.27. The van der Waals surface area contributed by atoms with Gasteiger partial charge in [0, 0.05) is 18.1 Å². The van der Waals surface area contributed by atoms with Crippen molar-refractivity contribution in [1.29, 1.82) is 0 Å². The summed E-state index contributed by atoms with van der Waals surface area (Å²) in [6, 6.07) is 12.2. The van der Waals surface area contributed by atoms with Crippen molar-refractivity contribution in [3.05, 3.63) is 59.1 Å². The van der Waals surface area contributed by atoms with Gasteiger partial charge in [0.2, 0.25) is 10.0 Å². The van der Waals surface area contributed by atoms with E-state index in [1.54, 1.807) is 18.2 Å². The number of hydrogen-bond donors (Lipinski definition) is 0. The molecule has 2 aromatic carbocycles. The molecule has 1 heterocycles. The maximum Gasteiger partial charge on any atom is 0.343 e. The minimum absolute atomic E-state index is 0.128.